The first-order valence-corrected chi connectivity index (χ1v) is 12.1. The Morgan fingerprint density at radius 2 is 1.67 bits per heavy atom. The fourth-order valence-corrected chi connectivity index (χ4v) is 5.04. The van der Waals surface area contributed by atoms with Gasteiger partial charge in [-0.05, 0) is 91.8 Å². The van der Waals surface area contributed by atoms with Crippen molar-refractivity contribution < 1.29 is 5.11 Å². The van der Waals surface area contributed by atoms with Gasteiger partial charge in [0.25, 0.3) is 0 Å². The first-order valence-electron chi connectivity index (χ1n) is 12.1. The summed E-state index contributed by atoms with van der Waals surface area (Å²) in [5.74, 6) is 0.925. The summed E-state index contributed by atoms with van der Waals surface area (Å²) < 4.78 is 0. The molecule has 170 valence electrons. The van der Waals surface area contributed by atoms with E-state index >= 15 is 0 Å². The average molecular weight is 440 g/mol. The van der Waals surface area contributed by atoms with E-state index in [0.717, 1.165) is 38.2 Å². The second-order valence-electron chi connectivity index (χ2n) is 9.18. The van der Waals surface area contributed by atoms with E-state index in [0.29, 0.717) is 11.7 Å². The maximum atomic E-state index is 9.86. The van der Waals surface area contributed by atoms with Crippen LogP contribution in [0.15, 0.2) is 79.0 Å². The second kappa shape index (κ2) is 10.2. The number of likely N-dealkylation sites (tertiary alicyclic amines) is 1. The zero-order chi connectivity index (χ0) is 22.5. The summed E-state index contributed by atoms with van der Waals surface area (Å²) in [4.78, 5) is 5.96. The minimum atomic E-state index is 0.348. The van der Waals surface area contributed by atoms with Crippen molar-refractivity contribution in [2.45, 2.75) is 31.7 Å². The molecule has 4 aromatic rings. The van der Waals surface area contributed by atoms with Gasteiger partial charge in [-0.3, -0.25) is 0 Å². The Morgan fingerprint density at radius 1 is 0.909 bits per heavy atom. The maximum Gasteiger partial charge on any atom is 0.116 e. The van der Waals surface area contributed by atoms with Crippen LogP contribution in [-0.4, -0.2) is 41.2 Å². The summed E-state index contributed by atoms with van der Waals surface area (Å²) in [7, 11) is 0. The molecule has 4 nitrogen and oxygen atoms in total. The smallest absolute Gasteiger partial charge is 0.116 e. The minimum absolute atomic E-state index is 0.348. The summed E-state index contributed by atoms with van der Waals surface area (Å²) in [6.45, 7) is 5.42. The molecule has 0 bridgehead atoms. The quantitative estimate of drug-likeness (QED) is 0.300. The highest BCUT2D eigenvalue weighted by Crippen LogP contribution is 2.34. The van der Waals surface area contributed by atoms with Crippen molar-refractivity contribution in [1.29, 1.82) is 0 Å². The molecule has 1 aliphatic heterocycles. The van der Waals surface area contributed by atoms with Crippen LogP contribution < -0.4 is 5.32 Å². The molecule has 1 aliphatic rings. The van der Waals surface area contributed by atoms with Gasteiger partial charge >= 0.3 is 0 Å². The summed E-state index contributed by atoms with van der Waals surface area (Å²) in [5, 5.41) is 14.6. The van der Waals surface area contributed by atoms with Crippen LogP contribution in [0.4, 0.5) is 0 Å². The van der Waals surface area contributed by atoms with Gasteiger partial charge in [-0.1, -0.05) is 54.6 Å². The van der Waals surface area contributed by atoms with Crippen LogP contribution in [0.25, 0.3) is 22.0 Å². The molecule has 1 aromatic heterocycles. The number of aromatic amines is 1. The van der Waals surface area contributed by atoms with Crippen LogP contribution in [0.1, 0.15) is 36.3 Å². The highest BCUT2D eigenvalue weighted by molar-refractivity contribution is 5.85. The van der Waals surface area contributed by atoms with Gasteiger partial charge in [-0.2, -0.15) is 0 Å². The molecular formula is C29H33N3O. The molecule has 1 saturated heterocycles. The molecule has 1 fully saturated rings. The second-order valence-corrected chi connectivity index (χ2v) is 9.18. The fraction of sp³-hybridized carbons (Fsp3) is 0.310. The Balaban J connectivity index is 1.02. The first-order chi connectivity index (χ1) is 16.3. The van der Waals surface area contributed by atoms with Gasteiger partial charge in [-0.25, -0.2) is 0 Å². The molecule has 0 atom stereocenters. The molecule has 2 heterocycles. The van der Waals surface area contributed by atoms with Crippen molar-refractivity contribution in [2.24, 2.45) is 0 Å². The van der Waals surface area contributed by atoms with E-state index < -0.39 is 0 Å². The lowest BCUT2D eigenvalue weighted by atomic mass is 9.89. The zero-order valence-electron chi connectivity index (χ0n) is 19.1. The SMILES string of the molecule is Oc1ccc2[nH]cc(C3CCN(CCCNCc4ccc(-c5ccccc5)cc4)CC3)c2c1. The lowest BCUT2D eigenvalue weighted by Crippen LogP contribution is -2.34. The molecule has 3 N–H and O–H groups in total. The van der Waals surface area contributed by atoms with E-state index in [4.69, 9.17) is 0 Å². The van der Waals surface area contributed by atoms with E-state index in [1.165, 1.54) is 46.9 Å². The van der Waals surface area contributed by atoms with Crippen molar-refractivity contribution in [2.75, 3.05) is 26.2 Å². The predicted octanol–water partition coefficient (Wildman–Crippen LogP) is 5.90. The van der Waals surface area contributed by atoms with Crippen molar-refractivity contribution >= 4 is 10.9 Å². The van der Waals surface area contributed by atoms with E-state index in [9.17, 15) is 5.11 Å². The number of nitrogens with one attached hydrogen (secondary N) is 2. The number of aromatic hydroxyl groups is 1. The van der Waals surface area contributed by atoms with Crippen molar-refractivity contribution in [1.82, 2.24) is 15.2 Å². The highest BCUT2D eigenvalue weighted by Gasteiger charge is 2.22. The van der Waals surface area contributed by atoms with E-state index in [1.807, 2.05) is 12.1 Å². The lowest BCUT2D eigenvalue weighted by Gasteiger charge is -2.32. The Bertz CT molecular complexity index is 1160. The monoisotopic (exact) mass is 439 g/mol. The van der Waals surface area contributed by atoms with Crippen molar-refractivity contribution in [3.05, 3.63) is 90.1 Å². The largest absolute Gasteiger partial charge is 0.508 e. The molecule has 0 amide bonds. The van der Waals surface area contributed by atoms with Gasteiger partial charge in [-0.15, -0.1) is 0 Å². The zero-order valence-corrected chi connectivity index (χ0v) is 19.1. The van der Waals surface area contributed by atoms with E-state index in [-0.39, 0.29) is 0 Å². The highest BCUT2D eigenvalue weighted by atomic mass is 16.3. The van der Waals surface area contributed by atoms with Gasteiger partial charge in [0, 0.05) is 23.6 Å². The molecule has 0 spiro atoms. The van der Waals surface area contributed by atoms with Crippen LogP contribution in [0.2, 0.25) is 0 Å². The third-order valence-electron chi connectivity index (χ3n) is 6.94. The van der Waals surface area contributed by atoms with Gasteiger partial charge in [0.1, 0.15) is 5.75 Å². The third kappa shape index (κ3) is 5.29. The number of nitrogens with zero attached hydrogens (tertiary/aromatic N) is 1. The van der Waals surface area contributed by atoms with Crippen LogP contribution in [0.5, 0.6) is 5.75 Å². The number of H-pyrrole nitrogens is 1. The van der Waals surface area contributed by atoms with Crippen molar-refractivity contribution in [3.8, 4) is 16.9 Å². The number of hydrogen-bond donors (Lipinski definition) is 3. The van der Waals surface area contributed by atoms with Crippen LogP contribution in [-0.2, 0) is 6.54 Å². The number of aromatic nitrogens is 1. The molecule has 0 unspecified atom stereocenters. The number of phenolic OH excluding ortho intramolecular Hbond substituents is 1. The van der Waals surface area contributed by atoms with Crippen molar-refractivity contribution in [3.63, 3.8) is 0 Å². The van der Waals surface area contributed by atoms with Crippen LogP contribution in [0, 0.1) is 0 Å². The first kappa shape index (κ1) is 21.7. The molecule has 3 aromatic carbocycles. The molecule has 5 rings (SSSR count). The number of hydrogen-bond acceptors (Lipinski definition) is 3. The topological polar surface area (TPSA) is 51.3 Å². The molecule has 4 heteroatoms. The standard InChI is InChI=1S/C29H33N3O/c33-26-11-12-29-27(19-26)28(21-31-29)25-13-17-32(18-14-25)16-4-15-30-20-22-7-9-24(10-8-22)23-5-2-1-3-6-23/h1-3,5-12,19,21,25,30-31,33H,4,13-18,20H2. The summed E-state index contributed by atoms with van der Waals surface area (Å²) >= 11 is 0. The maximum absolute atomic E-state index is 9.86. The summed E-state index contributed by atoms with van der Waals surface area (Å²) in [6, 6.07) is 25.0. The van der Waals surface area contributed by atoms with Crippen LogP contribution >= 0.6 is 0 Å². The number of piperidine rings is 1. The molecule has 33 heavy (non-hydrogen) atoms. The Labute approximate surface area is 196 Å². The predicted molar refractivity (Wildman–Crippen MR) is 137 cm³/mol. The lowest BCUT2D eigenvalue weighted by molar-refractivity contribution is 0.210. The van der Waals surface area contributed by atoms with Gasteiger partial charge in [0.15, 0.2) is 0 Å². The number of benzene rings is 3. The number of fused-ring (bicyclic) bond motifs is 1. The van der Waals surface area contributed by atoms with E-state index in [1.54, 1.807) is 6.07 Å². The van der Waals surface area contributed by atoms with E-state index in [2.05, 4.69) is 76.0 Å². The minimum Gasteiger partial charge on any atom is -0.508 e. The summed E-state index contributed by atoms with van der Waals surface area (Å²) in [6.07, 6.45) is 5.68. The van der Waals surface area contributed by atoms with Gasteiger partial charge in [0.05, 0.1) is 0 Å². The Kier molecular flexibility index (Phi) is 6.75. The van der Waals surface area contributed by atoms with Gasteiger partial charge < -0.3 is 20.3 Å². The molecule has 0 aliphatic carbocycles. The van der Waals surface area contributed by atoms with Crippen LogP contribution in [0.3, 0.4) is 0 Å². The molecule has 0 saturated carbocycles. The Hall–Kier alpha value is -3.08. The van der Waals surface area contributed by atoms with Gasteiger partial charge in [0.2, 0.25) is 0 Å². The average Bonchev–Trinajstić information content (AvgIpc) is 3.28. The summed E-state index contributed by atoms with van der Waals surface area (Å²) in [5.41, 5.74) is 6.35. The molecular weight excluding hydrogens is 406 g/mol. The normalized spacial score (nSPS) is 15.3. The fourth-order valence-electron chi connectivity index (χ4n) is 5.04. The Morgan fingerprint density at radius 3 is 2.45 bits per heavy atom. The molecule has 0 radical (unpaired) electrons. The third-order valence-corrected chi connectivity index (χ3v) is 6.94. The number of rotatable bonds is 8. The number of phenols is 1.